The summed E-state index contributed by atoms with van der Waals surface area (Å²) in [4.78, 5) is 9.60. The van der Waals surface area contributed by atoms with Gasteiger partial charge < -0.3 is 22.4 Å². The van der Waals surface area contributed by atoms with Gasteiger partial charge in [-0.15, -0.1) is 0 Å². The molecule has 0 unspecified atom stereocenters. The lowest BCUT2D eigenvalue weighted by Gasteiger charge is -1.94. The van der Waals surface area contributed by atoms with Crippen LogP contribution in [0.1, 0.15) is 19.8 Å². The summed E-state index contributed by atoms with van der Waals surface area (Å²) in [6.45, 7) is 1.84. The molecule has 112 valence electrons. The molecule has 0 atom stereocenters. The molecule has 2 aromatic rings. The Kier molecular flexibility index (Phi) is 7.94. The van der Waals surface area contributed by atoms with E-state index < -0.39 is 13.2 Å². The molecule has 0 spiro atoms. The molecule has 1 aromatic heterocycles. The van der Waals surface area contributed by atoms with E-state index in [0.717, 1.165) is 17.5 Å². The molecule has 0 amide bonds. The molecule has 0 aliphatic carbocycles. The number of aromatic amines is 1. The van der Waals surface area contributed by atoms with E-state index in [1.807, 2.05) is 31.2 Å². The van der Waals surface area contributed by atoms with Crippen LogP contribution in [-0.4, -0.2) is 33.7 Å². The van der Waals surface area contributed by atoms with Gasteiger partial charge in [0, 0.05) is 6.42 Å². The Bertz CT molecular complexity index is 482. The maximum absolute atomic E-state index is 9.75. The average Bonchev–Trinajstić information content (AvgIpc) is 2.75. The number of carboxylic acid groups (broad SMARTS) is 1. The van der Waals surface area contributed by atoms with E-state index in [-0.39, 0.29) is 0 Å². The van der Waals surface area contributed by atoms with Gasteiger partial charge in [0.2, 0.25) is 0 Å². The smallest absolute Gasteiger partial charge is 0.481 e. The van der Waals surface area contributed by atoms with Gasteiger partial charge >= 0.3 is 13.2 Å². The maximum atomic E-state index is 9.75. The summed E-state index contributed by atoms with van der Waals surface area (Å²) in [6.07, 6.45) is 1.02. The minimum atomic E-state index is -6.00. The number of nitrogens with one attached hydrogen (secondary N) is 1. The van der Waals surface area contributed by atoms with Crippen molar-refractivity contribution < 1.29 is 27.2 Å². The first-order valence-corrected chi connectivity index (χ1v) is 5.58. The van der Waals surface area contributed by atoms with Crippen LogP contribution in [0.15, 0.2) is 24.3 Å². The van der Waals surface area contributed by atoms with Crippen molar-refractivity contribution in [2.75, 3.05) is 0 Å². The second-order valence-corrected chi connectivity index (χ2v) is 3.45. The topological polar surface area (TPSA) is 78.9 Å². The largest absolute Gasteiger partial charge is 0.673 e. The van der Waals surface area contributed by atoms with Gasteiger partial charge in [-0.1, -0.05) is 19.1 Å². The molecule has 2 N–H and O–H groups in total. The van der Waals surface area contributed by atoms with Gasteiger partial charge in [0.05, 0.1) is 0 Å². The molecule has 1 aromatic carbocycles. The summed E-state index contributed by atoms with van der Waals surface area (Å²) in [5.41, 5.74) is 1.83. The average molecular weight is 294 g/mol. The molecule has 5 nitrogen and oxygen atoms in total. The Labute approximate surface area is 112 Å². The van der Waals surface area contributed by atoms with Crippen molar-refractivity contribution in [2.24, 2.45) is 0 Å². The Balaban J connectivity index is 0.000000291. The van der Waals surface area contributed by atoms with E-state index in [1.54, 1.807) is 0 Å². The van der Waals surface area contributed by atoms with Gasteiger partial charge in [-0.2, -0.15) is 15.4 Å². The first-order valence-electron chi connectivity index (χ1n) is 5.58. The fourth-order valence-electron chi connectivity index (χ4n) is 1.000. The summed E-state index contributed by atoms with van der Waals surface area (Å²) >= 11 is 0. The summed E-state index contributed by atoms with van der Waals surface area (Å²) in [5, 5.41) is 18.2. The van der Waals surface area contributed by atoms with Gasteiger partial charge in [0.25, 0.3) is 0 Å². The first kappa shape index (κ1) is 17.9. The summed E-state index contributed by atoms with van der Waals surface area (Å²) < 4.78 is 39.0. The molecule has 0 saturated carbocycles. The van der Waals surface area contributed by atoms with Gasteiger partial charge in [-0.05, 0) is 18.6 Å². The number of aromatic nitrogens is 3. The number of halogens is 4. The molecule has 10 heteroatoms. The number of nitrogens with zero attached hydrogens (tertiary/aromatic N) is 2. The quantitative estimate of drug-likeness (QED) is 0.658. The molecule has 1 heterocycles. The lowest BCUT2D eigenvalue weighted by atomic mass is 10.3. The molecule has 0 aliphatic heterocycles. The number of H-pyrrole nitrogens is 1. The summed E-state index contributed by atoms with van der Waals surface area (Å²) in [5.74, 6) is -0.711. The third-order valence-electron chi connectivity index (χ3n) is 1.69. The van der Waals surface area contributed by atoms with Gasteiger partial charge in [-0.25, -0.2) is 0 Å². The van der Waals surface area contributed by atoms with E-state index in [0.29, 0.717) is 6.42 Å². The van der Waals surface area contributed by atoms with Crippen molar-refractivity contribution >= 4 is 24.3 Å². The first-order chi connectivity index (χ1) is 9.24. The van der Waals surface area contributed by atoms with Crippen LogP contribution in [0.3, 0.4) is 0 Å². The van der Waals surface area contributed by atoms with Crippen LogP contribution < -0.4 is 0 Å². The number of hydrogen-bond donors (Lipinski definition) is 2. The Morgan fingerprint density at radius 1 is 1.20 bits per heavy atom. The molecular weight excluding hydrogens is 281 g/mol. The molecule has 0 bridgehead atoms. The van der Waals surface area contributed by atoms with Crippen LogP contribution >= 0.6 is 0 Å². The van der Waals surface area contributed by atoms with Crippen LogP contribution in [0.4, 0.5) is 17.3 Å². The minimum absolute atomic E-state index is 0.292. The highest BCUT2D eigenvalue weighted by molar-refractivity contribution is 6.50. The number of benzene rings is 1. The van der Waals surface area contributed by atoms with E-state index in [4.69, 9.17) is 5.11 Å². The van der Waals surface area contributed by atoms with Crippen molar-refractivity contribution in [3.05, 3.63) is 24.3 Å². The highest BCUT2D eigenvalue weighted by Gasteiger charge is 2.20. The lowest BCUT2D eigenvalue weighted by molar-refractivity contribution is -0.137. The number of aliphatic carboxylic acids is 1. The molecule has 0 aliphatic rings. The number of carbonyl (C=O) groups is 1. The second kappa shape index (κ2) is 8.89. The van der Waals surface area contributed by atoms with Crippen LogP contribution in [0.5, 0.6) is 0 Å². The standard InChI is InChI=1S/C6H5N3.C4H8O2.BF4/c1-2-4-6-5(3-1)7-9-8-6;1-2-3-4(5)6;2-1(3,4)5/h1-4H,(H,7,8,9);2-3H2,1H3,(H,5,6);/q;;-1. The third kappa shape index (κ3) is 11.0. The summed E-state index contributed by atoms with van der Waals surface area (Å²) in [6, 6.07) is 7.70. The van der Waals surface area contributed by atoms with Crippen LogP contribution in [0.25, 0.3) is 11.0 Å². The van der Waals surface area contributed by atoms with Crippen molar-refractivity contribution in [1.82, 2.24) is 15.4 Å². The zero-order chi connectivity index (χ0) is 15.6. The van der Waals surface area contributed by atoms with Gasteiger partial charge in [0.15, 0.2) is 0 Å². The molecule has 2 rings (SSSR count). The van der Waals surface area contributed by atoms with Gasteiger partial charge in [-0.3, -0.25) is 4.79 Å². The normalized spacial score (nSPS) is 10.1. The second-order valence-electron chi connectivity index (χ2n) is 3.45. The van der Waals surface area contributed by atoms with Crippen molar-refractivity contribution in [3.8, 4) is 0 Å². The van der Waals surface area contributed by atoms with E-state index in [1.165, 1.54) is 0 Å². The predicted octanol–water partition coefficient (Wildman–Crippen LogP) is 3.13. The zero-order valence-corrected chi connectivity index (χ0v) is 10.6. The SMILES string of the molecule is CCCC(=O)O.F[B-](F)(F)F.c1ccc2n[nH]nc2c1. The monoisotopic (exact) mass is 294 g/mol. The lowest BCUT2D eigenvalue weighted by Crippen LogP contribution is -2.02. The van der Waals surface area contributed by atoms with E-state index >= 15 is 0 Å². The van der Waals surface area contributed by atoms with Gasteiger partial charge in [0.1, 0.15) is 11.0 Å². The number of hydrogen-bond acceptors (Lipinski definition) is 3. The predicted molar refractivity (Wildman–Crippen MR) is 66.6 cm³/mol. The fourth-order valence-corrected chi connectivity index (χ4v) is 1.000. The molecule has 0 fully saturated rings. The number of rotatable bonds is 2. The molecule has 0 saturated heterocycles. The van der Waals surface area contributed by atoms with Crippen LogP contribution in [0.2, 0.25) is 0 Å². The molecule has 20 heavy (non-hydrogen) atoms. The Morgan fingerprint density at radius 3 is 1.85 bits per heavy atom. The van der Waals surface area contributed by atoms with Crippen molar-refractivity contribution in [3.63, 3.8) is 0 Å². The number of fused-ring (bicyclic) bond motifs is 1. The van der Waals surface area contributed by atoms with Crippen LogP contribution in [0, 0.1) is 0 Å². The summed E-state index contributed by atoms with van der Waals surface area (Å²) in [7, 11) is -6.00. The third-order valence-corrected chi connectivity index (χ3v) is 1.69. The highest BCUT2D eigenvalue weighted by Crippen LogP contribution is 2.06. The van der Waals surface area contributed by atoms with E-state index in [2.05, 4.69) is 15.4 Å². The highest BCUT2D eigenvalue weighted by atomic mass is 19.5. The van der Waals surface area contributed by atoms with Crippen molar-refractivity contribution in [1.29, 1.82) is 0 Å². The van der Waals surface area contributed by atoms with Crippen LogP contribution in [-0.2, 0) is 4.79 Å². The molecule has 0 radical (unpaired) electrons. The van der Waals surface area contributed by atoms with E-state index in [9.17, 15) is 22.1 Å². The minimum Gasteiger partial charge on any atom is -0.481 e. The number of para-hydroxylation sites is 2. The zero-order valence-electron chi connectivity index (χ0n) is 10.6. The number of carboxylic acids is 1. The Morgan fingerprint density at radius 2 is 1.60 bits per heavy atom. The Hall–Kier alpha value is -2.13. The maximum Gasteiger partial charge on any atom is 0.673 e. The fraction of sp³-hybridized carbons (Fsp3) is 0.300. The molecular formula is C10H13BF4N3O2-. The van der Waals surface area contributed by atoms with Crippen molar-refractivity contribution in [2.45, 2.75) is 19.8 Å².